The number of halogens is 1. The Kier molecular flexibility index (Phi) is 5.51. The molecule has 3 rings (SSSR count). The van der Waals surface area contributed by atoms with E-state index in [1.807, 2.05) is 19.9 Å². The molecule has 7 nitrogen and oxygen atoms in total. The summed E-state index contributed by atoms with van der Waals surface area (Å²) in [5.74, 6) is -1.94. The van der Waals surface area contributed by atoms with Crippen molar-refractivity contribution in [2.75, 3.05) is 26.8 Å². The fourth-order valence-corrected chi connectivity index (χ4v) is 3.80. The Bertz CT molecular complexity index is 907. The highest BCUT2D eigenvalue weighted by molar-refractivity contribution is 5.95. The summed E-state index contributed by atoms with van der Waals surface area (Å²) < 4.78 is 21.3. The second kappa shape index (κ2) is 7.71. The molecule has 150 valence electrons. The minimum absolute atomic E-state index is 0.0251. The Morgan fingerprint density at radius 3 is 2.64 bits per heavy atom. The highest BCUT2D eigenvalue weighted by atomic mass is 19.1. The quantitative estimate of drug-likeness (QED) is 0.850. The van der Waals surface area contributed by atoms with Crippen molar-refractivity contribution in [1.29, 1.82) is 0 Å². The van der Waals surface area contributed by atoms with Gasteiger partial charge in [0.1, 0.15) is 16.9 Å². The number of amides is 1. The molecule has 1 N–H and O–H groups in total. The molecule has 2 aromatic rings. The highest BCUT2D eigenvalue weighted by Gasteiger charge is 2.44. The number of carbonyl (C=O) groups is 2. The molecule has 1 amide bonds. The zero-order valence-electron chi connectivity index (χ0n) is 16.2. The zero-order valence-corrected chi connectivity index (χ0v) is 16.2. The van der Waals surface area contributed by atoms with Crippen LogP contribution in [-0.4, -0.2) is 58.5 Å². The SMILES string of the molecule is COCC1(C(=O)O)CCCN(C(=O)c2ccc(-n3nc(C)cc3C)c(F)c2)C1. The molecular formula is C20H24FN3O4. The van der Waals surface area contributed by atoms with Crippen LogP contribution in [0, 0.1) is 25.1 Å². The van der Waals surface area contributed by atoms with Gasteiger partial charge in [-0.15, -0.1) is 0 Å². The largest absolute Gasteiger partial charge is 0.481 e. The summed E-state index contributed by atoms with van der Waals surface area (Å²) in [5.41, 5.74) is 0.873. The number of likely N-dealkylation sites (tertiary alicyclic amines) is 1. The maximum atomic E-state index is 14.7. The maximum Gasteiger partial charge on any atom is 0.313 e. The van der Waals surface area contributed by atoms with E-state index in [0.717, 1.165) is 11.4 Å². The number of carbonyl (C=O) groups excluding carboxylic acids is 1. The minimum atomic E-state index is -1.13. The number of nitrogens with zero attached hydrogens (tertiary/aromatic N) is 3. The van der Waals surface area contributed by atoms with E-state index in [4.69, 9.17) is 4.74 Å². The van der Waals surface area contributed by atoms with Crippen LogP contribution in [0.4, 0.5) is 4.39 Å². The van der Waals surface area contributed by atoms with Gasteiger partial charge in [0.2, 0.25) is 0 Å². The Morgan fingerprint density at radius 2 is 2.07 bits per heavy atom. The normalized spacial score (nSPS) is 19.6. The third kappa shape index (κ3) is 3.64. The highest BCUT2D eigenvalue weighted by Crippen LogP contribution is 2.32. The van der Waals surface area contributed by atoms with Crippen molar-refractivity contribution >= 4 is 11.9 Å². The smallest absolute Gasteiger partial charge is 0.313 e. The Hall–Kier alpha value is -2.74. The lowest BCUT2D eigenvalue weighted by Crippen LogP contribution is -2.52. The number of hydrogen-bond donors (Lipinski definition) is 1. The van der Waals surface area contributed by atoms with Crippen molar-refractivity contribution in [2.24, 2.45) is 5.41 Å². The van der Waals surface area contributed by atoms with E-state index < -0.39 is 17.2 Å². The fraction of sp³-hybridized carbons (Fsp3) is 0.450. The van der Waals surface area contributed by atoms with Gasteiger partial charge in [0.25, 0.3) is 5.91 Å². The van der Waals surface area contributed by atoms with Gasteiger partial charge in [0.15, 0.2) is 0 Å². The van der Waals surface area contributed by atoms with Gasteiger partial charge in [-0.05, 0) is 51.0 Å². The van der Waals surface area contributed by atoms with Crippen LogP contribution in [0.25, 0.3) is 5.69 Å². The average molecular weight is 389 g/mol. The molecule has 0 bridgehead atoms. The van der Waals surface area contributed by atoms with E-state index in [-0.39, 0.29) is 30.3 Å². The number of carboxylic acid groups (broad SMARTS) is 1. The average Bonchev–Trinajstić information content (AvgIpc) is 2.99. The molecule has 28 heavy (non-hydrogen) atoms. The fourth-order valence-electron chi connectivity index (χ4n) is 3.80. The molecule has 1 aromatic carbocycles. The monoisotopic (exact) mass is 389 g/mol. The summed E-state index contributed by atoms with van der Waals surface area (Å²) in [4.78, 5) is 26.1. The number of ether oxygens (including phenoxy) is 1. The summed E-state index contributed by atoms with van der Waals surface area (Å²) in [6.07, 6.45) is 0.985. The van der Waals surface area contributed by atoms with Gasteiger partial charge in [-0.25, -0.2) is 9.07 Å². The van der Waals surface area contributed by atoms with Gasteiger partial charge >= 0.3 is 5.97 Å². The molecule has 1 aliphatic rings. The predicted octanol–water partition coefficient (Wildman–Crippen LogP) is 2.58. The van der Waals surface area contributed by atoms with Crippen LogP contribution >= 0.6 is 0 Å². The molecule has 1 atom stereocenters. The van der Waals surface area contributed by atoms with Crippen LogP contribution in [-0.2, 0) is 9.53 Å². The number of aromatic nitrogens is 2. The molecule has 1 saturated heterocycles. The second-order valence-corrected chi connectivity index (χ2v) is 7.35. The van der Waals surface area contributed by atoms with Gasteiger partial charge in [0.05, 0.1) is 12.3 Å². The number of piperidine rings is 1. The van der Waals surface area contributed by atoms with Crippen LogP contribution in [0.1, 0.15) is 34.6 Å². The number of benzene rings is 1. The molecule has 1 unspecified atom stereocenters. The molecule has 1 aromatic heterocycles. The molecule has 1 fully saturated rings. The number of hydrogen-bond acceptors (Lipinski definition) is 4. The van der Waals surface area contributed by atoms with Crippen LogP contribution in [0.2, 0.25) is 0 Å². The van der Waals surface area contributed by atoms with E-state index in [1.54, 1.807) is 6.07 Å². The standard InChI is InChI=1S/C20H24FN3O4/c1-13-9-14(2)24(22-13)17-6-5-15(10-16(17)21)18(25)23-8-4-7-20(11-23,12-28-3)19(26)27/h5-6,9-10H,4,7-8,11-12H2,1-3H3,(H,26,27). The van der Waals surface area contributed by atoms with Gasteiger partial charge in [0, 0.05) is 31.5 Å². The van der Waals surface area contributed by atoms with Crippen molar-refractivity contribution in [3.8, 4) is 5.69 Å². The van der Waals surface area contributed by atoms with Gasteiger partial charge < -0.3 is 14.7 Å². The number of aliphatic carboxylic acids is 1. The molecule has 0 spiro atoms. The van der Waals surface area contributed by atoms with E-state index in [9.17, 15) is 19.1 Å². The Labute approximate surface area is 162 Å². The van der Waals surface area contributed by atoms with E-state index in [2.05, 4.69) is 5.10 Å². The number of rotatable bonds is 5. The van der Waals surface area contributed by atoms with Crippen molar-refractivity contribution in [1.82, 2.24) is 14.7 Å². The Morgan fingerprint density at radius 1 is 1.32 bits per heavy atom. The van der Waals surface area contributed by atoms with Gasteiger partial charge in [-0.3, -0.25) is 9.59 Å². The van der Waals surface area contributed by atoms with E-state index >= 15 is 0 Å². The third-order valence-corrected chi connectivity index (χ3v) is 5.17. The van der Waals surface area contributed by atoms with Crippen LogP contribution in [0.3, 0.4) is 0 Å². The third-order valence-electron chi connectivity index (χ3n) is 5.17. The molecule has 0 saturated carbocycles. The first-order valence-corrected chi connectivity index (χ1v) is 9.12. The van der Waals surface area contributed by atoms with Crippen LogP contribution in [0.5, 0.6) is 0 Å². The summed E-state index contributed by atoms with van der Waals surface area (Å²) in [7, 11) is 1.44. The lowest BCUT2D eigenvalue weighted by Gasteiger charge is -2.39. The lowest BCUT2D eigenvalue weighted by molar-refractivity contribution is -0.155. The first-order chi connectivity index (χ1) is 13.3. The summed E-state index contributed by atoms with van der Waals surface area (Å²) >= 11 is 0. The number of aryl methyl sites for hydroxylation is 2. The Balaban J connectivity index is 1.85. The summed E-state index contributed by atoms with van der Waals surface area (Å²) in [6.45, 7) is 4.14. The van der Waals surface area contributed by atoms with Crippen molar-refractivity contribution in [3.05, 3.63) is 47.0 Å². The van der Waals surface area contributed by atoms with E-state index in [1.165, 1.54) is 28.8 Å². The first kappa shape index (κ1) is 20.0. The topological polar surface area (TPSA) is 84.7 Å². The lowest BCUT2D eigenvalue weighted by atomic mass is 9.80. The maximum absolute atomic E-state index is 14.7. The molecule has 0 aliphatic carbocycles. The summed E-state index contributed by atoms with van der Waals surface area (Å²) in [5, 5.41) is 13.9. The number of carboxylic acids is 1. The van der Waals surface area contributed by atoms with Crippen molar-refractivity contribution < 1.29 is 23.8 Å². The zero-order chi connectivity index (χ0) is 20.5. The molecular weight excluding hydrogens is 365 g/mol. The molecule has 1 aliphatic heterocycles. The molecule has 8 heteroatoms. The van der Waals surface area contributed by atoms with Gasteiger partial charge in [-0.1, -0.05) is 0 Å². The van der Waals surface area contributed by atoms with Crippen LogP contribution < -0.4 is 0 Å². The predicted molar refractivity (Wildman–Crippen MR) is 100 cm³/mol. The molecule has 2 heterocycles. The minimum Gasteiger partial charge on any atom is -0.481 e. The van der Waals surface area contributed by atoms with Gasteiger partial charge in [-0.2, -0.15) is 5.10 Å². The van der Waals surface area contributed by atoms with Crippen LogP contribution in [0.15, 0.2) is 24.3 Å². The van der Waals surface area contributed by atoms with Crippen molar-refractivity contribution in [2.45, 2.75) is 26.7 Å². The summed E-state index contributed by atoms with van der Waals surface area (Å²) in [6, 6.07) is 6.09. The van der Waals surface area contributed by atoms with Crippen molar-refractivity contribution in [3.63, 3.8) is 0 Å². The second-order valence-electron chi connectivity index (χ2n) is 7.35. The molecule has 0 radical (unpaired) electrons. The van der Waals surface area contributed by atoms with E-state index in [0.29, 0.717) is 19.4 Å². The number of methoxy groups -OCH3 is 1. The first-order valence-electron chi connectivity index (χ1n) is 9.12.